The molecule has 1 saturated heterocycles. The fraction of sp³-hybridized carbons (Fsp3) is 0.211. The molecule has 8 nitrogen and oxygen atoms in total. The van der Waals surface area contributed by atoms with Gasteiger partial charge in [-0.05, 0) is 48.3 Å². The van der Waals surface area contributed by atoms with Crippen molar-refractivity contribution in [3.05, 3.63) is 52.9 Å². The number of aliphatic imine (C=N–C) groups is 1. The Hall–Kier alpha value is -3.17. The molecule has 0 radical (unpaired) electrons. The molecule has 0 bridgehead atoms. The van der Waals surface area contributed by atoms with E-state index in [1.807, 2.05) is 42.2 Å². The molecule has 1 aliphatic heterocycles. The number of rotatable bonds is 5. The number of aromatic nitrogens is 4. The van der Waals surface area contributed by atoms with Gasteiger partial charge in [0.25, 0.3) is 0 Å². The molecule has 0 aliphatic carbocycles. The van der Waals surface area contributed by atoms with Gasteiger partial charge in [0.2, 0.25) is 5.95 Å². The Kier molecular flexibility index (Phi) is 4.84. The fourth-order valence-corrected chi connectivity index (χ4v) is 3.64. The summed E-state index contributed by atoms with van der Waals surface area (Å²) in [5.41, 5.74) is 7.35. The first kappa shape index (κ1) is 18.2. The highest BCUT2D eigenvalue weighted by molar-refractivity contribution is 7.05. The van der Waals surface area contributed by atoms with E-state index >= 15 is 0 Å². The molecule has 4 rings (SSSR count). The highest BCUT2D eigenvalue weighted by Crippen LogP contribution is 2.37. The summed E-state index contributed by atoms with van der Waals surface area (Å²) in [6.07, 6.45) is 10.6. The second kappa shape index (κ2) is 7.45. The predicted molar refractivity (Wildman–Crippen MR) is 112 cm³/mol. The van der Waals surface area contributed by atoms with Crippen molar-refractivity contribution in [3.63, 3.8) is 0 Å². The molecule has 0 spiro atoms. The predicted octanol–water partition coefficient (Wildman–Crippen LogP) is 2.51. The van der Waals surface area contributed by atoms with Crippen LogP contribution in [0.3, 0.4) is 0 Å². The molecule has 3 aromatic rings. The lowest BCUT2D eigenvalue weighted by Crippen LogP contribution is -2.59. The Morgan fingerprint density at radius 2 is 1.96 bits per heavy atom. The first-order valence-corrected chi connectivity index (χ1v) is 9.49. The van der Waals surface area contributed by atoms with Crippen LogP contribution in [0.25, 0.3) is 12.2 Å². The van der Waals surface area contributed by atoms with Crippen LogP contribution in [0.4, 0.5) is 17.5 Å². The summed E-state index contributed by atoms with van der Waals surface area (Å²) in [6.45, 7) is 2.59. The molecule has 0 aromatic carbocycles. The molecule has 0 amide bonds. The average Bonchev–Trinajstić information content (AvgIpc) is 3.22. The molecule has 1 aliphatic rings. The summed E-state index contributed by atoms with van der Waals surface area (Å²) < 4.78 is 4.06. The van der Waals surface area contributed by atoms with Crippen molar-refractivity contribution in [2.45, 2.75) is 12.5 Å². The number of anilines is 2. The third-order valence-corrected chi connectivity index (χ3v) is 5.35. The van der Waals surface area contributed by atoms with E-state index in [9.17, 15) is 5.11 Å². The molecule has 9 heteroatoms. The van der Waals surface area contributed by atoms with E-state index in [1.54, 1.807) is 24.8 Å². The second-order valence-electron chi connectivity index (χ2n) is 6.41. The normalized spacial score (nSPS) is 16.0. The number of nitrogen functional groups attached to an aromatic ring is 1. The Morgan fingerprint density at radius 1 is 1.18 bits per heavy atom. The maximum atomic E-state index is 10.7. The topological polar surface area (TPSA) is 113 Å². The Morgan fingerprint density at radius 3 is 2.64 bits per heavy atom. The van der Waals surface area contributed by atoms with E-state index in [2.05, 4.69) is 24.3 Å². The molecule has 1 fully saturated rings. The minimum atomic E-state index is -0.924. The van der Waals surface area contributed by atoms with Crippen molar-refractivity contribution >= 4 is 47.4 Å². The third-order valence-electron chi connectivity index (χ3n) is 4.41. The van der Waals surface area contributed by atoms with Gasteiger partial charge < -0.3 is 15.7 Å². The molecule has 0 unspecified atom stereocenters. The van der Waals surface area contributed by atoms with Crippen molar-refractivity contribution in [3.8, 4) is 0 Å². The Bertz CT molecular complexity index is 1010. The van der Waals surface area contributed by atoms with Crippen LogP contribution in [0.1, 0.15) is 23.1 Å². The standard InChI is InChI=1S/C19H19N7OS/c1-2-22-16-14(4-3-13-5-8-21-9-6-13)24-18(25-17(16)20)26-11-19(27,12-26)15-7-10-23-28-15/h2-10,27H,11-12H2,1H3,(H2,20,24,25)/b4-3+,22-2-. The number of hydrogen-bond acceptors (Lipinski definition) is 9. The van der Waals surface area contributed by atoms with Gasteiger partial charge in [-0.25, -0.2) is 9.36 Å². The smallest absolute Gasteiger partial charge is 0.228 e. The quantitative estimate of drug-likeness (QED) is 0.640. The zero-order valence-electron chi connectivity index (χ0n) is 15.2. The number of aliphatic hydroxyl groups is 1. The molecule has 142 valence electrons. The minimum absolute atomic E-state index is 0.297. The highest BCUT2D eigenvalue weighted by Gasteiger charge is 2.45. The number of nitrogens with two attached hydrogens (primary N) is 1. The van der Waals surface area contributed by atoms with Gasteiger partial charge in [-0.2, -0.15) is 4.98 Å². The van der Waals surface area contributed by atoms with E-state index < -0.39 is 5.60 Å². The minimum Gasteiger partial charge on any atom is -0.382 e. The number of β-amino-alcohol motifs (C(OH)–C–C–N with tert-alkyl or cyclic N) is 1. The molecule has 3 aromatic heterocycles. The lowest BCUT2D eigenvalue weighted by molar-refractivity contribution is 0.0101. The zero-order chi connectivity index (χ0) is 19.6. The molecule has 0 saturated carbocycles. The summed E-state index contributed by atoms with van der Waals surface area (Å²) in [5, 5.41) is 10.7. The fourth-order valence-electron chi connectivity index (χ4n) is 2.98. The monoisotopic (exact) mass is 393 g/mol. The van der Waals surface area contributed by atoms with Gasteiger partial charge in [-0.1, -0.05) is 6.08 Å². The molecule has 3 N–H and O–H groups in total. The summed E-state index contributed by atoms with van der Waals surface area (Å²) in [7, 11) is 0. The average molecular weight is 393 g/mol. The van der Waals surface area contributed by atoms with Crippen LogP contribution in [0.2, 0.25) is 0 Å². The van der Waals surface area contributed by atoms with Gasteiger partial charge in [0.1, 0.15) is 11.3 Å². The van der Waals surface area contributed by atoms with Gasteiger partial charge in [0.15, 0.2) is 5.82 Å². The molecule has 0 atom stereocenters. The zero-order valence-corrected chi connectivity index (χ0v) is 16.0. The summed E-state index contributed by atoms with van der Waals surface area (Å²) in [5.74, 6) is 0.766. The summed E-state index contributed by atoms with van der Waals surface area (Å²) >= 11 is 1.30. The van der Waals surface area contributed by atoms with Gasteiger partial charge in [-0.15, -0.1) is 0 Å². The highest BCUT2D eigenvalue weighted by atomic mass is 32.1. The van der Waals surface area contributed by atoms with Crippen LogP contribution >= 0.6 is 11.5 Å². The second-order valence-corrected chi connectivity index (χ2v) is 7.24. The van der Waals surface area contributed by atoms with Crippen LogP contribution in [-0.4, -0.2) is 43.7 Å². The maximum Gasteiger partial charge on any atom is 0.228 e. The van der Waals surface area contributed by atoms with Crippen LogP contribution in [0.5, 0.6) is 0 Å². The van der Waals surface area contributed by atoms with Gasteiger partial charge >= 0.3 is 0 Å². The van der Waals surface area contributed by atoms with Crippen LogP contribution in [0.15, 0.2) is 41.8 Å². The Balaban J connectivity index is 1.63. The SMILES string of the molecule is C/C=N\c1c(N)nc(N2CC(O)(c3ccns3)C2)nc1/C=C/c1ccncc1. The largest absolute Gasteiger partial charge is 0.382 e. The summed E-state index contributed by atoms with van der Waals surface area (Å²) in [6, 6.07) is 5.63. The molecule has 4 heterocycles. The van der Waals surface area contributed by atoms with Crippen molar-refractivity contribution < 1.29 is 5.11 Å². The van der Waals surface area contributed by atoms with E-state index in [1.165, 1.54) is 11.5 Å². The van der Waals surface area contributed by atoms with Gasteiger partial charge in [0.05, 0.1) is 23.7 Å². The maximum absolute atomic E-state index is 10.7. The van der Waals surface area contributed by atoms with Gasteiger partial charge in [0, 0.05) is 24.8 Å². The summed E-state index contributed by atoms with van der Waals surface area (Å²) in [4.78, 5) is 20.1. The van der Waals surface area contributed by atoms with E-state index in [-0.39, 0.29) is 0 Å². The van der Waals surface area contributed by atoms with Crippen LogP contribution < -0.4 is 10.6 Å². The van der Waals surface area contributed by atoms with Crippen LogP contribution in [-0.2, 0) is 5.60 Å². The first-order chi connectivity index (χ1) is 13.6. The number of hydrogen-bond donors (Lipinski definition) is 2. The van der Waals surface area contributed by atoms with E-state index in [0.29, 0.717) is 36.2 Å². The Labute approximate surface area is 166 Å². The van der Waals surface area contributed by atoms with Crippen molar-refractivity contribution in [1.29, 1.82) is 0 Å². The number of nitrogens with zero attached hydrogens (tertiary/aromatic N) is 6. The lowest BCUT2D eigenvalue weighted by Gasteiger charge is -2.45. The van der Waals surface area contributed by atoms with E-state index in [0.717, 1.165) is 10.4 Å². The molecular weight excluding hydrogens is 374 g/mol. The third kappa shape index (κ3) is 3.49. The first-order valence-electron chi connectivity index (χ1n) is 8.72. The van der Waals surface area contributed by atoms with Crippen LogP contribution in [0, 0.1) is 0 Å². The van der Waals surface area contributed by atoms with Gasteiger partial charge in [-0.3, -0.25) is 9.98 Å². The van der Waals surface area contributed by atoms with Crippen molar-refractivity contribution in [2.75, 3.05) is 23.7 Å². The van der Waals surface area contributed by atoms with E-state index in [4.69, 9.17) is 5.73 Å². The number of pyridine rings is 1. The van der Waals surface area contributed by atoms with Crippen molar-refractivity contribution in [1.82, 2.24) is 19.3 Å². The lowest BCUT2D eigenvalue weighted by atomic mass is 9.93. The molecular formula is C19H19N7OS. The molecule has 28 heavy (non-hydrogen) atoms. The van der Waals surface area contributed by atoms with Crippen molar-refractivity contribution in [2.24, 2.45) is 4.99 Å².